The van der Waals surface area contributed by atoms with E-state index in [0.717, 1.165) is 71.8 Å². The van der Waals surface area contributed by atoms with E-state index in [1.165, 1.54) is 32.9 Å². The first-order valence-electron chi connectivity index (χ1n) is 17.3. The molecule has 11 rings (SSSR count). The SMILES string of the molecule is c1ccc(-c2ccc3oc4ccc(-c5cc(-c6ccc7oc8ccccc8c7c6)cc(-n6c7ccccc7c7ccccc76)c5)cc4c3c2)cc1. The fourth-order valence-corrected chi connectivity index (χ4v) is 7.95. The van der Waals surface area contributed by atoms with E-state index in [-0.39, 0.29) is 0 Å². The van der Waals surface area contributed by atoms with Gasteiger partial charge < -0.3 is 13.4 Å². The van der Waals surface area contributed by atoms with Crippen LogP contribution in [-0.4, -0.2) is 4.57 Å². The molecule has 0 N–H and O–H groups in total. The lowest BCUT2D eigenvalue weighted by atomic mass is 9.95. The molecular weight excluding hydrogens is 623 g/mol. The van der Waals surface area contributed by atoms with E-state index in [1.807, 2.05) is 12.1 Å². The molecule has 238 valence electrons. The molecule has 8 aromatic carbocycles. The van der Waals surface area contributed by atoms with Crippen molar-refractivity contribution in [2.75, 3.05) is 0 Å². The summed E-state index contributed by atoms with van der Waals surface area (Å²) < 4.78 is 15.0. The summed E-state index contributed by atoms with van der Waals surface area (Å²) in [5.74, 6) is 0. The Morgan fingerprint density at radius 3 is 1.27 bits per heavy atom. The van der Waals surface area contributed by atoms with Crippen molar-refractivity contribution in [2.24, 2.45) is 0 Å². The van der Waals surface area contributed by atoms with Gasteiger partial charge in [-0.2, -0.15) is 0 Å². The van der Waals surface area contributed by atoms with Crippen molar-refractivity contribution in [1.29, 1.82) is 0 Å². The van der Waals surface area contributed by atoms with Crippen LogP contribution in [0, 0.1) is 0 Å². The van der Waals surface area contributed by atoms with Crippen LogP contribution in [-0.2, 0) is 0 Å². The normalized spacial score (nSPS) is 11.9. The van der Waals surface area contributed by atoms with Crippen LogP contribution in [0.2, 0.25) is 0 Å². The van der Waals surface area contributed by atoms with Gasteiger partial charge >= 0.3 is 0 Å². The minimum absolute atomic E-state index is 0.884. The number of rotatable bonds is 4. The Kier molecular flexibility index (Phi) is 5.96. The smallest absolute Gasteiger partial charge is 0.135 e. The van der Waals surface area contributed by atoms with Crippen LogP contribution in [0.25, 0.3) is 105 Å². The van der Waals surface area contributed by atoms with E-state index < -0.39 is 0 Å². The fraction of sp³-hybridized carbons (Fsp3) is 0. The quantitative estimate of drug-likeness (QED) is 0.190. The van der Waals surface area contributed by atoms with Crippen molar-refractivity contribution < 1.29 is 8.83 Å². The molecular formula is C48H29NO2. The van der Waals surface area contributed by atoms with E-state index >= 15 is 0 Å². The molecule has 3 nitrogen and oxygen atoms in total. The Morgan fingerprint density at radius 2 is 0.706 bits per heavy atom. The minimum atomic E-state index is 0.884. The van der Waals surface area contributed by atoms with Gasteiger partial charge in [-0.3, -0.25) is 0 Å². The predicted octanol–water partition coefficient (Wildman–Crippen LogP) is 13.6. The highest BCUT2D eigenvalue weighted by Crippen LogP contribution is 2.40. The lowest BCUT2D eigenvalue weighted by molar-refractivity contribution is 0.668. The van der Waals surface area contributed by atoms with Crippen LogP contribution in [0.4, 0.5) is 0 Å². The third-order valence-corrected chi connectivity index (χ3v) is 10.4. The number of para-hydroxylation sites is 3. The number of aromatic nitrogens is 1. The van der Waals surface area contributed by atoms with Crippen LogP contribution < -0.4 is 0 Å². The summed E-state index contributed by atoms with van der Waals surface area (Å²) in [5.41, 5.74) is 14.0. The summed E-state index contributed by atoms with van der Waals surface area (Å²) in [6.45, 7) is 0. The Morgan fingerprint density at radius 1 is 0.275 bits per heavy atom. The second kappa shape index (κ2) is 10.8. The molecule has 0 unspecified atom stereocenters. The molecule has 0 saturated carbocycles. The number of nitrogens with zero attached hydrogens (tertiary/aromatic N) is 1. The highest BCUT2D eigenvalue weighted by molar-refractivity contribution is 6.10. The van der Waals surface area contributed by atoms with E-state index in [2.05, 4.69) is 168 Å². The van der Waals surface area contributed by atoms with E-state index in [4.69, 9.17) is 8.83 Å². The van der Waals surface area contributed by atoms with Crippen molar-refractivity contribution in [1.82, 2.24) is 4.57 Å². The lowest BCUT2D eigenvalue weighted by Gasteiger charge is -2.14. The molecule has 3 heterocycles. The molecule has 3 heteroatoms. The monoisotopic (exact) mass is 651 g/mol. The second-order valence-corrected chi connectivity index (χ2v) is 13.3. The van der Waals surface area contributed by atoms with Crippen molar-refractivity contribution >= 4 is 65.7 Å². The molecule has 3 aromatic heterocycles. The molecule has 0 spiro atoms. The average Bonchev–Trinajstić information content (AvgIpc) is 3.87. The number of benzene rings is 8. The Labute approximate surface area is 293 Å². The van der Waals surface area contributed by atoms with Gasteiger partial charge in [0.05, 0.1) is 11.0 Å². The number of hydrogen-bond acceptors (Lipinski definition) is 2. The van der Waals surface area contributed by atoms with Crippen LogP contribution >= 0.6 is 0 Å². The zero-order valence-corrected chi connectivity index (χ0v) is 27.5. The molecule has 0 aliphatic heterocycles. The zero-order valence-electron chi connectivity index (χ0n) is 27.5. The molecule has 0 aliphatic rings. The van der Waals surface area contributed by atoms with Crippen LogP contribution in [0.15, 0.2) is 185 Å². The topological polar surface area (TPSA) is 31.2 Å². The zero-order chi connectivity index (χ0) is 33.5. The molecule has 11 aromatic rings. The average molecular weight is 652 g/mol. The number of fused-ring (bicyclic) bond motifs is 9. The molecule has 0 bridgehead atoms. The molecule has 0 atom stereocenters. The van der Waals surface area contributed by atoms with Crippen LogP contribution in [0.5, 0.6) is 0 Å². The van der Waals surface area contributed by atoms with Gasteiger partial charge in [0.2, 0.25) is 0 Å². The van der Waals surface area contributed by atoms with Gasteiger partial charge in [0.25, 0.3) is 0 Å². The number of hydrogen-bond donors (Lipinski definition) is 0. The van der Waals surface area contributed by atoms with E-state index in [9.17, 15) is 0 Å². The molecule has 0 saturated heterocycles. The van der Waals surface area contributed by atoms with Crippen molar-refractivity contribution in [3.8, 4) is 39.1 Å². The van der Waals surface area contributed by atoms with Gasteiger partial charge in [0.1, 0.15) is 22.3 Å². The van der Waals surface area contributed by atoms with Gasteiger partial charge in [-0.25, -0.2) is 0 Å². The van der Waals surface area contributed by atoms with Crippen LogP contribution in [0.1, 0.15) is 0 Å². The van der Waals surface area contributed by atoms with Gasteiger partial charge in [-0.05, 0) is 106 Å². The third-order valence-electron chi connectivity index (χ3n) is 10.4. The summed E-state index contributed by atoms with van der Waals surface area (Å²) in [6.07, 6.45) is 0. The lowest BCUT2D eigenvalue weighted by Crippen LogP contribution is -1.96. The maximum atomic E-state index is 6.36. The van der Waals surface area contributed by atoms with Crippen molar-refractivity contribution in [2.45, 2.75) is 0 Å². The molecule has 0 amide bonds. The summed E-state index contributed by atoms with van der Waals surface area (Å²) in [4.78, 5) is 0. The molecule has 0 aliphatic carbocycles. The minimum Gasteiger partial charge on any atom is -0.456 e. The Hall–Kier alpha value is -6.84. The van der Waals surface area contributed by atoms with Crippen molar-refractivity contribution in [3.63, 3.8) is 0 Å². The van der Waals surface area contributed by atoms with E-state index in [1.54, 1.807) is 0 Å². The highest BCUT2D eigenvalue weighted by atomic mass is 16.3. The first-order valence-corrected chi connectivity index (χ1v) is 17.3. The standard InChI is InChI=1S/C48H29NO2/c1-2-10-30(11-3-1)31-18-21-47-41(27-31)42-29-33(20-23-48(42)51-47)35-24-34(32-19-22-46-40(28-32)39-14-6-9-17-45(39)50-46)25-36(26-35)49-43-15-7-4-12-37(43)38-13-5-8-16-44(38)49/h1-29H. The first-order chi connectivity index (χ1) is 25.2. The summed E-state index contributed by atoms with van der Waals surface area (Å²) in [7, 11) is 0. The second-order valence-electron chi connectivity index (χ2n) is 13.3. The highest BCUT2D eigenvalue weighted by Gasteiger charge is 2.17. The summed E-state index contributed by atoms with van der Waals surface area (Å²) in [6, 6.07) is 62.8. The summed E-state index contributed by atoms with van der Waals surface area (Å²) >= 11 is 0. The number of furan rings is 2. The van der Waals surface area contributed by atoms with Crippen molar-refractivity contribution in [3.05, 3.63) is 176 Å². The Balaban J connectivity index is 1.16. The maximum absolute atomic E-state index is 6.36. The summed E-state index contributed by atoms with van der Waals surface area (Å²) in [5, 5.41) is 6.95. The molecule has 0 radical (unpaired) electrons. The fourth-order valence-electron chi connectivity index (χ4n) is 7.95. The largest absolute Gasteiger partial charge is 0.456 e. The maximum Gasteiger partial charge on any atom is 0.135 e. The third kappa shape index (κ3) is 4.38. The first kappa shape index (κ1) is 28.0. The molecule has 51 heavy (non-hydrogen) atoms. The molecule has 0 fully saturated rings. The van der Waals surface area contributed by atoms with Crippen LogP contribution in [0.3, 0.4) is 0 Å². The van der Waals surface area contributed by atoms with Gasteiger partial charge in [0, 0.05) is 38.0 Å². The van der Waals surface area contributed by atoms with Gasteiger partial charge in [0.15, 0.2) is 0 Å². The Bertz CT molecular complexity index is 3090. The van der Waals surface area contributed by atoms with Gasteiger partial charge in [-0.1, -0.05) is 103 Å². The van der Waals surface area contributed by atoms with E-state index in [0.29, 0.717) is 0 Å². The predicted molar refractivity (Wildman–Crippen MR) is 212 cm³/mol. The van der Waals surface area contributed by atoms with Gasteiger partial charge in [-0.15, -0.1) is 0 Å².